The Kier molecular flexibility index (Phi) is 5.73. The van der Waals surface area contributed by atoms with Crippen LogP contribution in [0.3, 0.4) is 0 Å². The van der Waals surface area contributed by atoms with E-state index in [0.717, 1.165) is 22.4 Å². The first-order valence-electron chi connectivity index (χ1n) is 11.2. The van der Waals surface area contributed by atoms with E-state index in [1.807, 2.05) is 55.5 Å². The van der Waals surface area contributed by atoms with E-state index in [4.69, 9.17) is 9.47 Å². The number of nitrogens with one attached hydrogen (secondary N) is 1. The average Bonchev–Trinajstić information content (AvgIpc) is 3.50. The molecule has 2 unspecified atom stereocenters. The molecule has 2 atom stereocenters. The number of amides is 2. The number of hydrogen-bond acceptors (Lipinski definition) is 4. The van der Waals surface area contributed by atoms with Crippen LogP contribution in [0.4, 0.5) is 0 Å². The summed E-state index contributed by atoms with van der Waals surface area (Å²) in [7, 11) is 0. The summed E-state index contributed by atoms with van der Waals surface area (Å²) in [6.07, 6.45) is 0. The molecule has 2 aliphatic heterocycles. The van der Waals surface area contributed by atoms with Gasteiger partial charge in [-0.2, -0.15) is 0 Å². The number of carbonyl (C=O) groups is 2. The smallest absolute Gasteiger partial charge is 0.253 e. The minimum Gasteiger partial charge on any atom is -0.454 e. The van der Waals surface area contributed by atoms with Crippen molar-refractivity contribution >= 4 is 11.8 Å². The van der Waals surface area contributed by atoms with Crippen molar-refractivity contribution in [3.63, 3.8) is 0 Å². The molecule has 0 saturated carbocycles. The van der Waals surface area contributed by atoms with E-state index in [1.54, 1.807) is 4.90 Å². The van der Waals surface area contributed by atoms with E-state index in [9.17, 15) is 9.59 Å². The molecular weight excluding hydrogens is 416 g/mol. The normalized spacial score (nSPS) is 18.9. The van der Waals surface area contributed by atoms with Crippen LogP contribution in [0, 0.1) is 12.8 Å². The molecule has 6 heteroatoms. The van der Waals surface area contributed by atoms with Crippen molar-refractivity contribution in [1.82, 2.24) is 10.2 Å². The number of hydrogen-bond donors (Lipinski definition) is 1. The number of carbonyl (C=O) groups excluding carboxylic acids is 2. The van der Waals surface area contributed by atoms with Crippen LogP contribution in [0.5, 0.6) is 11.5 Å². The van der Waals surface area contributed by atoms with E-state index in [2.05, 4.69) is 29.6 Å². The average molecular weight is 443 g/mol. The summed E-state index contributed by atoms with van der Waals surface area (Å²) < 4.78 is 10.8. The minimum absolute atomic E-state index is 0.0428. The van der Waals surface area contributed by atoms with Crippen molar-refractivity contribution in [2.45, 2.75) is 19.4 Å². The van der Waals surface area contributed by atoms with Crippen LogP contribution < -0.4 is 14.8 Å². The highest BCUT2D eigenvalue weighted by molar-refractivity contribution is 5.95. The molecule has 2 aliphatic rings. The molecule has 2 heterocycles. The van der Waals surface area contributed by atoms with Crippen LogP contribution in [-0.2, 0) is 11.3 Å². The molecule has 168 valence electrons. The van der Waals surface area contributed by atoms with Gasteiger partial charge in [0.2, 0.25) is 12.7 Å². The van der Waals surface area contributed by atoms with E-state index in [1.165, 1.54) is 0 Å². The highest BCUT2D eigenvalue weighted by Gasteiger charge is 2.40. The van der Waals surface area contributed by atoms with Gasteiger partial charge >= 0.3 is 0 Å². The molecule has 0 bridgehead atoms. The summed E-state index contributed by atoms with van der Waals surface area (Å²) in [5, 5.41) is 3.07. The lowest BCUT2D eigenvalue weighted by Crippen LogP contribution is -2.35. The molecule has 0 radical (unpaired) electrons. The van der Waals surface area contributed by atoms with Gasteiger partial charge in [0, 0.05) is 31.1 Å². The van der Waals surface area contributed by atoms with Gasteiger partial charge < -0.3 is 19.7 Å². The maximum absolute atomic E-state index is 13.3. The maximum atomic E-state index is 13.3. The fraction of sp³-hybridized carbons (Fsp3) is 0.259. The van der Waals surface area contributed by atoms with Gasteiger partial charge in [-0.25, -0.2) is 0 Å². The molecule has 1 saturated heterocycles. The third-order valence-electron chi connectivity index (χ3n) is 6.37. The highest BCUT2D eigenvalue weighted by atomic mass is 16.7. The standard InChI is InChI=1S/C27H26N2O4/c1-18-7-10-20(11-8-18)22-15-29(27(31)21-5-3-2-4-6-21)16-23(22)26(30)28-14-19-9-12-24-25(13-19)33-17-32-24/h2-13,22-23H,14-17H2,1H3,(H,28,30). The Balaban J connectivity index is 1.33. The molecular formula is C27H26N2O4. The molecule has 1 N–H and O–H groups in total. The molecule has 0 spiro atoms. The molecule has 2 amide bonds. The number of rotatable bonds is 5. The summed E-state index contributed by atoms with van der Waals surface area (Å²) in [5.41, 5.74) is 3.82. The molecule has 3 aromatic rings. The number of benzene rings is 3. The van der Waals surface area contributed by atoms with Crippen LogP contribution in [-0.4, -0.2) is 36.6 Å². The predicted molar refractivity (Wildman–Crippen MR) is 124 cm³/mol. The first-order chi connectivity index (χ1) is 16.1. The SMILES string of the molecule is Cc1ccc(C2CN(C(=O)c3ccccc3)CC2C(=O)NCc2ccc3c(c2)OCO3)cc1. The van der Waals surface area contributed by atoms with Gasteiger partial charge in [0.15, 0.2) is 11.5 Å². The van der Waals surface area contributed by atoms with Gasteiger partial charge in [-0.15, -0.1) is 0 Å². The van der Waals surface area contributed by atoms with Crippen molar-refractivity contribution in [2.24, 2.45) is 5.92 Å². The molecule has 3 aromatic carbocycles. The molecule has 5 rings (SSSR count). The number of likely N-dealkylation sites (tertiary alicyclic amines) is 1. The maximum Gasteiger partial charge on any atom is 0.253 e. The Morgan fingerprint density at radius 1 is 0.939 bits per heavy atom. The Morgan fingerprint density at radius 2 is 1.70 bits per heavy atom. The fourth-order valence-corrected chi connectivity index (χ4v) is 4.52. The van der Waals surface area contributed by atoms with Gasteiger partial charge in [-0.1, -0.05) is 54.1 Å². The number of ether oxygens (including phenoxy) is 2. The Labute approximate surface area is 193 Å². The lowest BCUT2D eigenvalue weighted by Gasteiger charge is -2.18. The second kappa shape index (κ2) is 8.98. The van der Waals surface area contributed by atoms with E-state index >= 15 is 0 Å². The van der Waals surface area contributed by atoms with Crippen molar-refractivity contribution < 1.29 is 19.1 Å². The van der Waals surface area contributed by atoms with Crippen molar-refractivity contribution in [3.8, 4) is 11.5 Å². The van der Waals surface area contributed by atoms with Gasteiger partial charge in [0.1, 0.15) is 0 Å². The van der Waals surface area contributed by atoms with Crippen LogP contribution in [0.1, 0.15) is 33.0 Å². The zero-order valence-electron chi connectivity index (χ0n) is 18.5. The van der Waals surface area contributed by atoms with Crippen LogP contribution in [0.25, 0.3) is 0 Å². The number of nitrogens with zero attached hydrogens (tertiary/aromatic N) is 1. The first-order valence-corrected chi connectivity index (χ1v) is 11.2. The van der Waals surface area contributed by atoms with Crippen molar-refractivity contribution in [1.29, 1.82) is 0 Å². The fourth-order valence-electron chi connectivity index (χ4n) is 4.52. The number of aryl methyl sites for hydroxylation is 1. The van der Waals surface area contributed by atoms with Crippen LogP contribution in [0.15, 0.2) is 72.8 Å². The molecule has 33 heavy (non-hydrogen) atoms. The second-order valence-corrected chi connectivity index (χ2v) is 8.61. The summed E-state index contributed by atoms with van der Waals surface area (Å²) in [4.78, 5) is 28.2. The quantitative estimate of drug-likeness (QED) is 0.651. The van der Waals surface area contributed by atoms with Gasteiger partial charge in [0.25, 0.3) is 5.91 Å². The second-order valence-electron chi connectivity index (χ2n) is 8.61. The Hall–Kier alpha value is -3.80. The van der Waals surface area contributed by atoms with Gasteiger partial charge in [-0.05, 0) is 42.3 Å². The van der Waals surface area contributed by atoms with E-state index in [0.29, 0.717) is 30.9 Å². The summed E-state index contributed by atoms with van der Waals surface area (Å²) in [6.45, 7) is 3.55. The lowest BCUT2D eigenvalue weighted by molar-refractivity contribution is -0.125. The Bertz CT molecular complexity index is 1160. The summed E-state index contributed by atoms with van der Waals surface area (Å²) in [6, 6.07) is 23.1. The van der Waals surface area contributed by atoms with Crippen LogP contribution >= 0.6 is 0 Å². The van der Waals surface area contributed by atoms with Crippen molar-refractivity contribution in [3.05, 3.63) is 95.1 Å². The van der Waals surface area contributed by atoms with Gasteiger partial charge in [0.05, 0.1) is 5.92 Å². The third kappa shape index (κ3) is 4.42. The van der Waals surface area contributed by atoms with Crippen LogP contribution in [0.2, 0.25) is 0 Å². The third-order valence-corrected chi connectivity index (χ3v) is 6.37. The lowest BCUT2D eigenvalue weighted by atomic mass is 9.88. The number of fused-ring (bicyclic) bond motifs is 1. The predicted octanol–water partition coefficient (Wildman–Crippen LogP) is 3.90. The first kappa shape index (κ1) is 21.1. The van der Waals surface area contributed by atoms with Crippen molar-refractivity contribution in [2.75, 3.05) is 19.9 Å². The van der Waals surface area contributed by atoms with Gasteiger partial charge in [-0.3, -0.25) is 9.59 Å². The zero-order chi connectivity index (χ0) is 22.8. The zero-order valence-corrected chi connectivity index (χ0v) is 18.5. The molecule has 1 fully saturated rings. The monoisotopic (exact) mass is 442 g/mol. The van der Waals surface area contributed by atoms with E-state index in [-0.39, 0.29) is 30.4 Å². The summed E-state index contributed by atoms with van der Waals surface area (Å²) in [5.74, 6) is 0.930. The molecule has 0 aromatic heterocycles. The topological polar surface area (TPSA) is 67.9 Å². The molecule has 0 aliphatic carbocycles. The largest absolute Gasteiger partial charge is 0.454 e. The van der Waals surface area contributed by atoms with E-state index < -0.39 is 0 Å². The minimum atomic E-state index is -0.325. The Morgan fingerprint density at radius 3 is 2.48 bits per heavy atom. The summed E-state index contributed by atoms with van der Waals surface area (Å²) >= 11 is 0. The highest BCUT2D eigenvalue weighted by Crippen LogP contribution is 2.35. The molecule has 6 nitrogen and oxygen atoms in total.